The highest BCUT2D eigenvalue weighted by atomic mass is 16.5. The Morgan fingerprint density at radius 2 is 1.58 bits per heavy atom. The minimum Gasteiger partial charge on any atom is -0.454 e. The van der Waals surface area contributed by atoms with Crippen LogP contribution in [0.25, 0.3) is 0 Å². The molecule has 0 aliphatic heterocycles. The highest BCUT2D eigenvalue weighted by Crippen LogP contribution is 2.22. The molecule has 0 bridgehead atoms. The number of carbonyl (C=O) groups is 3. The average molecular weight is 430 g/mol. The van der Waals surface area contributed by atoms with Crippen LogP contribution in [0.5, 0.6) is 0 Å². The number of hydrogen-bond acceptors (Lipinski definition) is 5. The van der Waals surface area contributed by atoms with Crippen molar-refractivity contribution in [3.63, 3.8) is 0 Å². The molecule has 1 aromatic rings. The lowest BCUT2D eigenvalue weighted by Gasteiger charge is -2.27. The number of ether oxygens (including phenoxy) is 1. The van der Waals surface area contributed by atoms with Crippen LogP contribution in [-0.4, -0.2) is 36.0 Å². The first-order valence-corrected chi connectivity index (χ1v) is 10.5. The Morgan fingerprint density at radius 1 is 1.03 bits per heavy atom. The molecule has 0 fully saturated rings. The standard InChI is InChI=1S/C24H35N3O4/c1-15(2)20(22(30)31-13-19(28)27-24(8,14-25)16(3)4)26-21(29)17-9-11-18(12-10-17)23(5,6)7/h9-12,15-16,20H,13H2,1-8H3,(H,26,29)(H,27,28)/t20-,24+/m0/s1. The van der Waals surface area contributed by atoms with E-state index in [0.29, 0.717) is 5.56 Å². The van der Waals surface area contributed by atoms with Crippen molar-refractivity contribution in [2.24, 2.45) is 11.8 Å². The molecule has 0 unspecified atom stereocenters. The summed E-state index contributed by atoms with van der Waals surface area (Å²) in [5.41, 5.74) is 0.442. The van der Waals surface area contributed by atoms with Gasteiger partial charge in [0.05, 0.1) is 6.07 Å². The van der Waals surface area contributed by atoms with Gasteiger partial charge in [0.2, 0.25) is 0 Å². The second-order valence-electron chi connectivity index (χ2n) is 9.65. The van der Waals surface area contributed by atoms with Crippen LogP contribution in [-0.2, 0) is 19.7 Å². The zero-order chi connectivity index (χ0) is 24.0. The molecule has 2 N–H and O–H groups in total. The minimum atomic E-state index is -1.06. The van der Waals surface area contributed by atoms with E-state index < -0.39 is 36.0 Å². The maximum atomic E-state index is 12.6. The lowest BCUT2D eigenvalue weighted by Crippen LogP contribution is -2.51. The molecule has 0 saturated heterocycles. The van der Waals surface area contributed by atoms with Crippen LogP contribution in [0.3, 0.4) is 0 Å². The SMILES string of the molecule is CC(C)[C@H](NC(=O)c1ccc(C(C)(C)C)cc1)C(=O)OCC(=O)N[C@](C)(C#N)C(C)C. The van der Waals surface area contributed by atoms with Crippen molar-refractivity contribution < 1.29 is 19.1 Å². The third kappa shape index (κ3) is 7.39. The van der Waals surface area contributed by atoms with Gasteiger partial charge in [-0.1, -0.05) is 60.6 Å². The quantitative estimate of drug-likeness (QED) is 0.616. The number of nitrogens with one attached hydrogen (secondary N) is 2. The van der Waals surface area contributed by atoms with E-state index in [2.05, 4.69) is 37.5 Å². The third-order valence-corrected chi connectivity index (χ3v) is 5.35. The number of esters is 1. The van der Waals surface area contributed by atoms with Crippen LogP contribution >= 0.6 is 0 Å². The van der Waals surface area contributed by atoms with Gasteiger partial charge < -0.3 is 15.4 Å². The van der Waals surface area contributed by atoms with Crippen molar-refractivity contribution >= 4 is 17.8 Å². The van der Waals surface area contributed by atoms with Crippen molar-refractivity contribution in [2.45, 2.75) is 72.4 Å². The van der Waals surface area contributed by atoms with Crippen molar-refractivity contribution in [3.8, 4) is 6.07 Å². The first-order valence-electron chi connectivity index (χ1n) is 10.5. The molecule has 0 spiro atoms. The Bertz CT molecular complexity index is 832. The van der Waals surface area contributed by atoms with E-state index in [9.17, 15) is 19.6 Å². The maximum Gasteiger partial charge on any atom is 0.329 e. The molecule has 31 heavy (non-hydrogen) atoms. The fourth-order valence-electron chi connectivity index (χ4n) is 2.70. The van der Waals surface area contributed by atoms with Gasteiger partial charge in [-0.15, -0.1) is 0 Å². The molecule has 7 nitrogen and oxygen atoms in total. The van der Waals surface area contributed by atoms with Gasteiger partial charge in [0, 0.05) is 5.56 Å². The van der Waals surface area contributed by atoms with Crippen LogP contribution < -0.4 is 10.6 Å². The van der Waals surface area contributed by atoms with E-state index in [1.54, 1.807) is 32.9 Å². The first-order chi connectivity index (χ1) is 14.2. The van der Waals surface area contributed by atoms with Gasteiger partial charge in [-0.05, 0) is 41.9 Å². The molecule has 170 valence electrons. The van der Waals surface area contributed by atoms with Gasteiger partial charge in [0.1, 0.15) is 11.6 Å². The van der Waals surface area contributed by atoms with Gasteiger partial charge in [-0.25, -0.2) is 4.79 Å². The summed E-state index contributed by atoms with van der Waals surface area (Å²) in [7, 11) is 0. The molecule has 0 aliphatic rings. The largest absolute Gasteiger partial charge is 0.454 e. The van der Waals surface area contributed by atoms with Gasteiger partial charge in [-0.3, -0.25) is 9.59 Å². The van der Waals surface area contributed by atoms with Crippen molar-refractivity contribution in [1.82, 2.24) is 10.6 Å². The summed E-state index contributed by atoms with van der Waals surface area (Å²) < 4.78 is 5.12. The number of carbonyl (C=O) groups excluding carboxylic acids is 3. The molecule has 0 radical (unpaired) electrons. The highest BCUT2D eigenvalue weighted by molar-refractivity contribution is 5.97. The van der Waals surface area contributed by atoms with E-state index >= 15 is 0 Å². The van der Waals surface area contributed by atoms with E-state index in [1.807, 2.05) is 26.0 Å². The summed E-state index contributed by atoms with van der Waals surface area (Å²) in [4.78, 5) is 37.3. The lowest BCUT2D eigenvalue weighted by molar-refractivity contribution is -0.151. The van der Waals surface area contributed by atoms with Crippen LogP contribution in [0, 0.1) is 23.2 Å². The number of benzene rings is 1. The van der Waals surface area contributed by atoms with Gasteiger partial charge in [-0.2, -0.15) is 5.26 Å². The molecule has 0 aliphatic carbocycles. The third-order valence-electron chi connectivity index (χ3n) is 5.35. The Balaban J connectivity index is 2.77. The molecule has 2 atom stereocenters. The Hall–Kier alpha value is -2.88. The van der Waals surface area contributed by atoms with Crippen molar-refractivity contribution in [1.29, 1.82) is 5.26 Å². The lowest BCUT2D eigenvalue weighted by atomic mass is 9.86. The molecule has 1 rings (SSSR count). The zero-order valence-corrected chi connectivity index (χ0v) is 19.8. The van der Waals surface area contributed by atoms with Crippen LogP contribution in [0.1, 0.15) is 71.3 Å². The molecule has 1 aromatic carbocycles. The predicted molar refractivity (Wildman–Crippen MR) is 119 cm³/mol. The predicted octanol–water partition coefficient (Wildman–Crippen LogP) is 3.34. The Morgan fingerprint density at radius 3 is 2.00 bits per heavy atom. The monoisotopic (exact) mass is 429 g/mol. The van der Waals surface area contributed by atoms with Crippen LogP contribution in [0.4, 0.5) is 0 Å². The molecule has 7 heteroatoms. The zero-order valence-electron chi connectivity index (χ0n) is 19.8. The summed E-state index contributed by atoms with van der Waals surface area (Å²) in [5.74, 6) is -2.03. The van der Waals surface area contributed by atoms with Crippen molar-refractivity contribution in [2.75, 3.05) is 6.61 Å². The number of nitrogens with zero attached hydrogens (tertiary/aromatic N) is 1. The summed E-state index contributed by atoms with van der Waals surface area (Å²) in [6.45, 7) is 14.5. The number of hydrogen-bond donors (Lipinski definition) is 2. The fraction of sp³-hybridized carbons (Fsp3) is 0.583. The summed E-state index contributed by atoms with van der Waals surface area (Å²) in [6.07, 6.45) is 0. The van der Waals surface area contributed by atoms with E-state index in [-0.39, 0.29) is 17.3 Å². The van der Waals surface area contributed by atoms with E-state index in [1.165, 1.54) is 0 Å². The summed E-state index contributed by atoms with van der Waals surface area (Å²) in [5, 5.41) is 14.6. The second kappa shape index (κ2) is 10.4. The highest BCUT2D eigenvalue weighted by Gasteiger charge is 2.31. The Labute approximate surface area is 185 Å². The molecule has 0 saturated carbocycles. The van der Waals surface area contributed by atoms with Crippen molar-refractivity contribution in [3.05, 3.63) is 35.4 Å². The number of rotatable bonds is 8. The maximum absolute atomic E-state index is 12.6. The first kappa shape index (κ1) is 26.2. The number of nitriles is 1. The molecular formula is C24H35N3O4. The van der Waals surface area contributed by atoms with Gasteiger partial charge >= 0.3 is 5.97 Å². The van der Waals surface area contributed by atoms with Gasteiger partial charge in [0.25, 0.3) is 11.8 Å². The number of amides is 2. The normalized spacial score (nSPS) is 14.4. The summed E-state index contributed by atoms with van der Waals surface area (Å²) >= 11 is 0. The second-order valence-corrected chi connectivity index (χ2v) is 9.65. The topological polar surface area (TPSA) is 108 Å². The smallest absolute Gasteiger partial charge is 0.329 e. The fourth-order valence-corrected chi connectivity index (χ4v) is 2.70. The summed E-state index contributed by atoms with van der Waals surface area (Å²) in [6, 6.07) is 8.39. The van der Waals surface area contributed by atoms with Crippen LogP contribution in [0.15, 0.2) is 24.3 Å². The molecule has 0 aromatic heterocycles. The average Bonchev–Trinajstić information content (AvgIpc) is 2.68. The molecule has 0 heterocycles. The van der Waals surface area contributed by atoms with E-state index in [0.717, 1.165) is 5.56 Å². The van der Waals surface area contributed by atoms with E-state index in [4.69, 9.17) is 4.74 Å². The van der Waals surface area contributed by atoms with Gasteiger partial charge in [0.15, 0.2) is 6.61 Å². The molecule has 2 amide bonds. The van der Waals surface area contributed by atoms with Crippen LogP contribution in [0.2, 0.25) is 0 Å². The Kier molecular flexibility index (Phi) is 8.80. The molecular weight excluding hydrogens is 394 g/mol. The minimum absolute atomic E-state index is 0.0307.